The molecule has 0 unspecified atom stereocenters. The topological polar surface area (TPSA) is 132 Å². The number of hydrogen-bond donors (Lipinski definition) is 1. The van der Waals surface area contributed by atoms with Gasteiger partial charge in [-0.1, -0.05) is 30.3 Å². The van der Waals surface area contributed by atoms with Gasteiger partial charge in [0.25, 0.3) is 5.91 Å². The Hall–Kier alpha value is -3.63. The van der Waals surface area contributed by atoms with E-state index in [1.54, 1.807) is 41.5 Å². The number of hydrazine groups is 1. The van der Waals surface area contributed by atoms with Crippen molar-refractivity contribution in [1.82, 2.24) is 15.3 Å². The molecule has 1 heterocycles. The first-order chi connectivity index (χ1) is 16.1. The summed E-state index contributed by atoms with van der Waals surface area (Å²) in [4.78, 5) is 64.9. The van der Waals surface area contributed by atoms with Gasteiger partial charge in [-0.05, 0) is 60.5 Å². The van der Waals surface area contributed by atoms with Gasteiger partial charge in [0.1, 0.15) is 17.8 Å². The maximum Gasteiger partial charge on any atom is 0.430 e. The van der Waals surface area contributed by atoms with Gasteiger partial charge in [-0.3, -0.25) is 9.59 Å². The van der Waals surface area contributed by atoms with Gasteiger partial charge < -0.3 is 14.2 Å². The Bertz CT molecular complexity index is 965. The molecule has 1 aliphatic heterocycles. The number of nitrogens with one attached hydrogen (secondary N) is 1. The van der Waals surface area contributed by atoms with Crippen LogP contribution in [0.5, 0.6) is 0 Å². The molecular weight excluding hydrogens is 458 g/mol. The molecule has 1 aliphatic rings. The molecule has 1 N–H and O–H groups in total. The third-order valence-corrected chi connectivity index (χ3v) is 4.59. The summed E-state index contributed by atoms with van der Waals surface area (Å²) in [5.74, 6) is -1.85. The van der Waals surface area contributed by atoms with Crippen LogP contribution in [0.1, 0.15) is 54.0 Å². The quantitative estimate of drug-likeness (QED) is 0.377. The van der Waals surface area contributed by atoms with Crippen LogP contribution in [-0.4, -0.2) is 69.8 Å². The molecule has 1 saturated heterocycles. The average molecular weight is 492 g/mol. The summed E-state index contributed by atoms with van der Waals surface area (Å²) in [6.07, 6.45) is -2.95. The minimum atomic E-state index is -1.90. The molecular formula is C24H33N3O8. The highest BCUT2D eigenvalue weighted by Crippen LogP contribution is 2.21. The number of nitrogens with zero attached hydrogens (tertiary/aromatic N) is 2. The SMILES string of the molecule is CC(=O)[C@@H](C(=O)N1C(=O)OC[C@H]1Cc1ccccc1)N(NC(=O)OC(C)(C)C)C(=O)OC(C)(C)C. The Morgan fingerprint density at radius 1 is 1.06 bits per heavy atom. The number of carbonyl (C=O) groups excluding carboxylic acids is 5. The van der Waals surface area contributed by atoms with Crippen LogP contribution in [-0.2, 0) is 30.2 Å². The van der Waals surface area contributed by atoms with Crippen LogP contribution in [0.2, 0.25) is 0 Å². The number of carbonyl (C=O) groups is 5. The lowest BCUT2D eigenvalue weighted by Gasteiger charge is -2.33. The van der Waals surface area contributed by atoms with E-state index in [4.69, 9.17) is 14.2 Å². The number of ketones is 1. The van der Waals surface area contributed by atoms with E-state index < -0.39 is 53.3 Å². The molecule has 2 atom stereocenters. The van der Waals surface area contributed by atoms with Gasteiger partial charge in [0.2, 0.25) is 0 Å². The van der Waals surface area contributed by atoms with Crippen molar-refractivity contribution >= 4 is 30.0 Å². The van der Waals surface area contributed by atoms with E-state index in [1.807, 2.05) is 30.3 Å². The van der Waals surface area contributed by atoms with Gasteiger partial charge in [0, 0.05) is 0 Å². The molecule has 1 aromatic carbocycles. The van der Waals surface area contributed by atoms with E-state index in [0.29, 0.717) is 5.01 Å². The molecule has 0 bridgehead atoms. The fourth-order valence-corrected chi connectivity index (χ4v) is 3.29. The minimum absolute atomic E-state index is 0.0873. The van der Waals surface area contributed by atoms with Crippen molar-refractivity contribution in [2.24, 2.45) is 0 Å². The standard InChI is InChI=1S/C24H33N3O8/c1-15(28)18(27(22(32)35-24(5,6)7)25-20(30)34-23(2,3)4)19(29)26-17(14-33-21(26)31)13-16-11-9-8-10-12-16/h8-12,17-18H,13-14H2,1-7H3,(H,25,30)/t17-,18+/m1/s1. The summed E-state index contributed by atoms with van der Waals surface area (Å²) in [5, 5.41) is 0.454. The predicted molar refractivity (Wildman–Crippen MR) is 124 cm³/mol. The molecule has 0 spiro atoms. The van der Waals surface area contributed by atoms with Crippen LogP contribution < -0.4 is 5.43 Å². The highest BCUT2D eigenvalue weighted by Gasteiger charge is 2.47. The second kappa shape index (κ2) is 10.7. The summed E-state index contributed by atoms with van der Waals surface area (Å²) in [5.41, 5.74) is 1.03. The molecule has 2 rings (SSSR count). The zero-order chi connectivity index (χ0) is 26.6. The minimum Gasteiger partial charge on any atom is -0.447 e. The van der Waals surface area contributed by atoms with E-state index in [-0.39, 0.29) is 13.0 Å². The van der Waals surface area contributed by atoms with Crippen molar-refractivity contribution in [2.45, 2.75) is 78.2 Å². The van der Waals surface area contributed by atoms with Gasteiger partial charge in [-0.25, -0.2) is 24.7 Å². The van der Waals surface area contributed by atoms with Crippen LogP contribution in [0, 0.1) is 0 Å². The van der Waals surface area contributed by atoms with Crippen molar-refractivity contribution < 1.29 is 38.2 Å². The van der Waals surface area contributed by atoms with E-state index in [9.17, 15) is 24.0 Å². The lowest BCUT2D eigenvalue weighted by Crippen LogP contribution is -2.62. The number of rotatable bonds is 5. The van der Waals surface area contributed by atoms with Gasteiger partial charge in [0.15, 0.2) is 11.8 Å². The van der Waals surface area contributed by atoms with Crippen LogP contribution >= 0.6 is 0 Å². The first-order valence-corrected chi connectivity index (χ1v) is 11.1. The van der Waals surface area contributed by atoms with Crippen molar-refractivity contribution in [3.8, 4) is 0 Å². The van der Waals surface area contributed by atoms with Gasteiger partial charge in [0.05, 0.1) is 6.04 Å². The van der Waals surface area contributed by atoms with Gasteiger partial charge in [-0.15, -0.1) is 0 Å². The molecule has 0 radical (unpaired) electrons. The molecule has 1 fully saturated rings. The highest BCUT2D eigenvalue weighted by molar-refractivity contribution is 6.11. The zero-order valence-corrected chi connectivity index (χ0v) is 21.1. The second-order valence-electron chi connectivity index (χ2n) is 10.1. The summed E-state index contributed by atoms with van der Waals surface area (Å²) >= 11 is 0. The van der Waals surface area contributed by atoms with Crippen LogP contribution in [0.4, 0.5) is 14.4 Å². The smallest absolute Gasteiger partial charge is 0.430 e. The maximum atomic E-state index is 13.5. The maximum absolute atomic E-state index is 13.5. The van der Waals surface area contributed by atoms with Crippen molar-refractivity contribution in [3.63, 3.8) is 0 Å². The predicted octanol–water partition coefficient (Wildman–Crippen LogP) is 3.21. The normalized spacial score (nSPS) is 16.7. The van der Waals surface area contributed by atoms with E-state index in [2.05, 4.69) is 5.43 Å². The summed E-state index contributed by atoms with van der Waals surface area (Å²) in [6, 6.07) is 6.48. The Labute approximate surface area is 204 Å². The number of imide groups is 1. The third-order valence-electron chi connectivity index (χ3n) is 4.59. The van der Waals surface area contributed by atoms with E-state index >= 15 is 0 Å². The molecule has 0 aliphatic carbocycles. The molecule has 1 aromatic rings. The molecule has 0 saturated carbocycles. The summed E-state index contributed by atoms with van der Waals surface area (Å²) in [6.45, 7) is 10.5. The van der Waals surface area contributed by atoms with Crippen molar-refractivity contribution in [2.75, 3.05) is 6.61 Å². The Balaban J connectivity index is 2.40. The van der Waals surface area contributed by atoms with E-state index in [0.717, 1.165) is 17.4 Å². The Morgan fingerprint density at radius 3 is 2.14 bits per heavy atom. The first-order valence-electron chi connectivity index (χ1n) is 11.1. The monoisotopic (exact) mass is 491 g/mol. The highest BCUT2D eigenvalue weighted by atomic mass is 16.6. The number of ether oxygens (including phenoxy) is 3. The van der Waals surface area contributed by atoms with Crippen molar-refractivity contribution in [1.29, 1.82) is 0 Å². The Morgan fingerprint density at radius 2 is 1.63 bits per heavy atom. The second-order valence-corrected chi connectivity index (χ2v) is 10.1. The molecule has 4 amide bonds. The molecule has 192 valence electrons. The third kappa shape index (κ3) is 7.97. The van der Waals surface area contributed by atoms with E-state index in [1.165, 1.54) is 0 Å². The average Bonchev–Trinajstić information content (AvgIpc) is 3.05. The summed E-state index contributed by atoms with van der Waals surface area (Å²) in [7, 11) is 0. The fraction of sp³-hybridized carbons (Fsp3) is 0.542. The molecule has 11 heteroatoms. The van der Waals surface area contributed by atoms with Crippen molar-refractivity contribution in [3.05, 3.63) is 35.9 Å². The van der Waals surface area contributed by atoms with Crippen LogP contribution in [0.15, 0.2) is 30.3 Å². The number of cyclic esters (lactones) is 1. The Kier molecular flexibility index (Phi) is 8.48. The van der Waals surface area contributed by atoms with Gasteiger partial charge >= 0.3 is 18.3 Å². The molecule has 35 heavy (non-hydrogen) atoms. The summed E-state index contributed by atoms with van der Waals surface area (Å²) < 4.78 is 15.6. The van der Waals surface area contributed by atoms with Crippen LogP contribution in [0.3, 0.4) is 0 Å². The molecule has 0 aromatic heterocycles. The van der Waals surface area contributed by atoms with Gasteiger partial charge in [-0.2, -0.15) is 5.01 Å². The van der Waals surface area contributed by atoms with Crippen LogP contribution in [0.25, 0.3) is 0 Å². The fourth-order valence-electron chi connectivity index (χ4n) is 3.29. The number of Topliss-reactive ketones (excluding diaryl/α,β-unsaturated/α-hetero) is 1. The number of amides is 4. The lowest BCUT2D eigenvalue weighted by atomic mass is 10.0. The first kappa shape index (κ1) is 27.6. The number of hydrogen-bond acceptors (Lipinski definition) is 8. The largest absolute Gasteiger partial charge is 0.447 e. The zero-order valence-electron chi connectivity index (χ0n) is 21.1. The molecule has 11 nitrogen and oxygen atoms in total. The lowest BCUT2D eigenvalue weighted by molar-refractivity contribution is -0.142. The number of benzene rings is 1.